The highest BCUT2D eigenvalue weighted by molar-refractivity contribution is 6.30. The van der Waals surface area contributed by atoms with Crippen molar-refractivity contribution in [2.24, 2.45) is 0 Å². The predicted octanol–water partition coefficient (Wildman–Crippen LogP) is 2.96. The van der Waals surface area contributed by atoms with Gasteiger partial charge in [-0.25, -0.2) is 0 Å². The second-order valence-corrected chi connectivity index (χ2v) is 5.57. The highest BCUT2D eigenvalue weighted by Crippen LogP contribution is 2.16. The molecule has 106 valence electrons. The SMILES string of the molecule is OC(COc1ccc(Cl)cc1)CN1CCCCCC1. The van der Waals surface area contributed by atoms with Crippen LogP contribution in [0.4, 0.5) is 0 Å². The Kier molecular flexibility index (Phi) is 5.95. The lowest BCUT2D eigenvalue weighted by atomic mass is 10.2. The number of halogens is 1. The third-order valence-corrected chi connectivity index (χ3v) is 3.68. The Hall–Kier alpha value is -0.770. The van der Waals surface area contributed by atoms with Crippen LogP contribution in [0.1, 0.15) is 25.7 Å². The number of likely N-dealkylation sites (tertiary alicyclic amines) is 1. The summed E-state index contributed by atoms with van der Waals surface area (Å²) in [5, 5.41) is 10.7. The zero-order chi connectivity index (χ0) is 13.5. The summed E-state index contributed by atoms with van der Waals surface area (Å²) < 4.78 is 5.56. The highest BCUT2D eigenvalue weighted by atomic mass is 35.5. The largest absolute Gasteiger partial charge is 0.491 e. The van der Waals surface area contributed by atoms with Gasteiger partial charge in [-0.15, -0.1) is 0 Å². The normalized spacial score (nSPS) is 18.8. The Labute approximate surface area is 120 Å². The summed E-state index contributed by atoms with van der Waals surface area (Å²) in [5.41, 5.74) is 0. The molecular formula is C15H22ClNO2. The van der Waals surface area contributed by atoms with E-state index in [2.05, 4.69) is 4.90 Å². The van der Waals surface area contributed by atoms with Crippen LogP contribution in [0.15, 0.2) is 24.3 Å². The number of aliphatic hydroxyl groups excluding tert-OH is 1. The average Bonchev–Trinajstić information content (AvgIpc) is 2.67. The van der Waals surface area contributed by atoms with Gasteiger partial charge in [0.1, 0.15) is 18.5 Å². The van der Waals surface area contributed by atoms with Crippen molar-refractivity contribution in [3.63, 3.8) is 0 Å². The minimum Gasteiger partial charge on any atom is -0.491 e. The molecule has 19 heavy (non-hydrogen) atoms. The second-order valence-electron chi connectivity index (χ2n) is 5.13. The lowest BCUT2D eigenvalue weighted by molar-refractivity contribution is 0.0694. The number of ether oxygens (including phenoxy) is 1. The third-order valence-electron chi connectivity index (χ3n) is 3.42. The molecule has 1 heterocycles. The molecule has 0 aromatic heterocycles. The first-order valence-electron chi connectivity index (χ1n) is 7.03. The van der Waals surface area contributed by atoms with Gasteiger partial charge < -0.3 is 14.7 Å². The van der Waals surface area contributed by atoms with Gasteiger partial charge in [-0.1, -0.05) is 24.4 Å². The molecule has 1 N–H and O–H groups in total. The average molecular weight is 284 g/mol. The van der Waals surface area contributed by atoms with Crippen molar-refractivity contribution in [1.29, 1.82) is 0 Å². The van der Waals surface area contributed by atoms with Gasteiger partial charge in [0, 0.05) is 11.6 Å². The number of rotatable bonds is 5. The summed E-state index contributed by atoms with van der Waals surface area (Å²) in [6.45, 7) is 3.22. The van der Waals surface area contributed by atoms with E-state index in [0.717, 1.165) is 18.8 Å². The lowest BCUT2D eigenvalue weighted by Gasteiger charge is -2.23. The van der Waals surface area contributed by atoms with Gasteiger partial charge in [0.15, 0.2) is 0 Å². The van der Waals surface area contributed by atoms with E-state index in [1.807, 2.05) is 12.1 Å². The summed E-state index contributed by atoms with van der Waals surface area (Å²) >= 11 is 5.81. The summed E-state index contributed by atoms with van der Waals surface area (Å²) in [6.07, 6.45) is 4.67. The standard InChI is InChI=1S/C15H22ClNO2/c16-13-5-7-15(8-6-13)19-12-14(18)11-17-9-3-1-2-4-10-17/h5-8,14,18H,1-4,9-12H2. The van der Waals surface area contributed by atoms with E-state index in [0.29, 0.717) is 18.2 Å². The maximum atomic E-state index is 10.0. The topological polar surface area (TPSA) is 32.7 Å². The Morgan fingerprint density at radius 1 is 1.11 bits per heavy atom. The third kappa shape index (κ3) is 5.39. The molecule has 3 nitrogen and oxygen atoms in total. The predicted molar refractivity (Wildman–Crippen MR) is 77.9 cm³/mol. The number of hydrogen-bond donors (Lipinski definition) is 1. The lowest BCUT2D eigenvalue weighted by Crippen LogP contribution is -2.36. The number of β-amino-alcohol motifs (C(OH)–C–C–N with tert-alkyl or cyclic N) is 1. The molecule has 1 fully saturated rings. The molecule has 4 heteroatoms. The van der Waals surface area contributed by atoms with E-state index in [9.17, 15) is 5.11 Å². The van der Waals surface area contributed by atoms with Crippen LogP contribution in [-0.4, -0.2) is 42.4 Å². The Balaban J connectivity index is 1.71. The van der Waals surface area contributed by atoms with Crippen LogP contribution in [0.25, 0.3) is 0 Å². The Morgan fingerprint density at radius 3 is 2.37 bits per heavy atom. The molecule has 0 aliphatic carbocycles. The van der Waals surface area contributed by atoms with Crippen LogP contribution in [0, 0.1) is 0 Å². The van der Waals surface area contributed by atoms with E-state index in [4.69, 9.17) is 16.3 Å². The van der Waals surface area contributed by atoms with Gasteiger partial charge in [-0.3, -0.25) is 0 Å². The van der Waals surface area contributed by atoms with Crippen LogP contribution in [0.3, 0.4) is 0 Å². The molecule has 1 atom stereocenters. The van der Waals surface area contributed by atoms with E-state index >= 15 is 0 Å². The number of hydrogen-bond acceptors (Lipinski definition) is 3. The smallest absolute Gasteiger partial charge is 0.119 e. The maximum Gasteiger partial charge on any atom is 0.119 e. The monoisotopic (exact) mass is 283 g/mol. The van der Waals surface area contributed by atoms with E-state index < -0.39 is 6.10 Å². The van der Waals surface area contributed by atoms with Crippen molar-refractivity contribution in [1.82, 2.24) is 4.90 Å². The number of benzene rings is 1. The number of aliphatic hydroxyl groups is 1. The van der Waals surface area contributed by atoms with Crippen LogP contribution >= 0.6 is 11.6 Å². The summed E-state index contributed by atoms with van der Waals surface area (Å²) in [7, 11) is 0. The molecule has 1 aromatic carbocycles. The van der Waals surface area contributed by atoms with Crippen LogP contribution < -0.4 is 4.74 Å². The van der Waals surface area contributed by atoms with Crippen LogP contribution in [0.5, 0.6) is 5.75 Å². The van der Waals surface area contributed by atoms with Gasteiger partial charge in [-0.2, -0.15) is 0 Å². The van der Waals surface area contributed by atoms with Crippen molar-refractivity contribution in [2.75, 3.05) is 26.2 Å². The molecule has 2 rings (SSSR count). The molecule has 1 aliphatic rings. The zero-order valence-corrected chi connectivity index (χ0v) is 12.0. The quantitative estimate of drug-likeness (QED) is 0.902. The minimum absolute atomic E-state index is 0.331. The molecule has 0 bridgehead atoms. The van der Waals surface area contributed by atoms with E-state index in [1.165, 1.54) is 25.7 Å². The first-order valence-corrected chi connectivity index (χ1v) is 7.40. The fourth-order valence-electron chi connectivity index (χ4n) is 2.39. The molecule has 0 spiro atoms. The first kappa shape index (κ1) is 14.6. The van der Waals surface area contributed by atoms with Gasteiger partial charge in [0.25, 0.3) is 0 Å². The Morgan fingerprint density at radius 2 is 1.74 bits per heavy atom. The molecular weight excluding hydrogens is 262 g/mol. The molecule has 1 aliphatic heterocycles. The zero-order valence-electron chi connectivity index (χ0n) is 11.2. The van der Waals surface area contributed by atoms with Crippen molar-refractivity contribution >= 4 is 11.6 Å². The maximum absolute atomic E-state index is 10.0. The van der Waals surface area contributed by atoms with Crippen molar-refractivity contribution < 1.29 is 9.84 Å². The van der Waals surface area contributed by atoms with Crippen molar-refractivity contribution in [3.05, 3.63) is 29.3 Å². The second kappa shape index (κ2) is 7.73. The first-order chi connectivity index (χ1) is 9.24. The fraction of sp³-hybridized carbons (Fsp3) is 0.600. The van der Waals surface area contributed by atoms with Crippen LogP contribution in [0.2, 0.25) is 5.02 Å². The van der Waals surface area contributed by atoms with E-state index in [1.54, 1.807) is 12.1 Å². The molecule has 0 radical (unpaired) electrons. The summed E-state index contributed by atoms with van der Waals surface area (Å²) in [5.74, 6) is 0.749. The summed E-state index contributed by atoms with van der Waals surface area (Å²) in [6, 6.07) is 7.22. The van der Waals surface area contributed by atoms with E-state index in [-0.39, 0.29) is 0 Å². The molecule has 1 unspecified atom stereocenters. The van der Waals surface area contributed by atoms with Gasteiger partial charge in [0.2, 0.25) is 0 Å². The highest BCUT2D eigenvalue weighted by Gasteiger charge is 2.14. The Bertz CT molecular complexity index is 361. The van der Waals surface area contributed by atoms with Crippen LogP contribution in [-0.2, 0) is 0 Å². The van der Waals surface area contributed by atoms with Gasteiger partial charge >= 0.3 is 0 Å². The molecule has 1 aromatic rings. The fourth-order valence-corrected chi connectivity index (χ4v) is 2.52. The van der Waals surface area contributed by atoms with Gasteiger partial charge in [0.05, 0.1) is 0 Å². The van der Waals surface area contributed by atoms with Crippen molar-refractivity contribution in [2.45, 2.75) is 31.8 Å². The number of nitrogens with zero attached hydrogens (tertiary/aromatic N) is 1. The molecule has 0 saturated carbocycles. The van der Waals surface area contributed by atoms with Gasteiger partial charge in [-0.05, 0) is 50.2 Å². The molecule has 0 amide bonds. The minimum atomic E-state index is -0.436. The molecule has 1 saturated heterocycles. The summed E-state index contributed by atoms with van der Waals surface area (Å²) in [4.78, 5) is 2.34. The van der Waals surface area contributed by atoms with Crippen molar-refractivity contribution in [3.8, 4) is 5.75 Å².